The van der Waals surface area contributed by atoms with Gasteiger partial charge in [-0.2, -0.15) is 0 Å². The molecule has 2 aliphatic heterocycles. The SMILES string of the molecule is COCC#Cc1cn([C@H](C)C[C@@H]2CC[C@H]([C@@H](C)C(=O)N3CCCC3)O2)nn1. The largest absolute Gasteiger partial charge is 0.374 e. The van der Waals surface area contributed by atoms with Crippen LogP contribution in [0.5, 0.6) is 0 Å². The Bertz CT molecular complexity index is 687. The number of nitrogens with zero attached hydrogens (tertiary/aromatic N) is 4. The fourth-order valence-electron chi connectivity index (χ4n) is 3.90. The van der Waals surface area contributed by atoms with Gasteiger partial charge in [0.15, 0.2) is 5.69 Å². The van der Waals surface area contributed by atoms with E-state index < -0.39 is 0 Å². The number of rotatable bonds is 6. The van der Waals surface area contributed by atoms with Crippen molar-refractivity contribution in [3.63, 3.8) is 0 Å². The van der Waals surface area contributed by atoms with Crippen molar-refractivity contribution in [3.05, 3.63) is 11.9 Å². The minimum Gasteiger partial charge on any atom is -0.374 e. The fourth-order valence-corrected chi connectivity index (χ4v) is 3.90. The van der Waals surface area contributed by atoms with Gasteiger partial charge in [-0.25, -0.2) is 4.68 Å². The van der Waals surface area contributed by atoms with Gasteiger partial charge in [0.05, 0.1) is 30.4 Å². The Balaban J connectivity index is 1.49. The lowest BCUT2D eigenvalue weighted by Crippen LogP contribution is -2.38. The second-order valence-electron chi connectivity index (χ2n) is 7.60. The van der Waals surface area contributed by atoms with Crippen molar-refractivity contribution in [2.24, 2.45) is 5.92 Å². The molecular formula is C20H30N4O3. The van der Waals surface area contributed by atoms with Crippen LogP contribution in [0.1, 0.15) is 57.7 Å². The number of aromatic nitrogens is 3. The Labute approximate surface area is 161 Å². The maximum atomic E-state index is 12.6. The number of amides is 1. The highest BCUT2D eigenvalue weighted by Crippen LogP contribution is 2.31. The molecule has 7 heteroatoms. The zero-order chi connectivity index (χ0) is 19.2. The quantitative estimate of drug-likeness (QED) is 0.713. The van der Waals surface area contributed by atoms with Gasteiger partial charge in [0.2, 0.25) is 5.91 Å². The Hall–Kier alpha value is -1.91. The predicted molar refractivity (Wildman–Crippen MR) is 101 cm³/mol. The molecule has 1 aromatic heterocycles. The molecule has 2 aliphatic rings. The van der Waals surface area contributed by atoms with Crippen LogP contribution in [-0.2, 0) is 14.3 Å². The molecule has 0 N–H and O–H groups in total. The van der Waals surface area contributed by atoms with Crippen molar-refractivity contribution >= 4 is 5.91 Å². The average molecular weight is 374 g/mol. The summed E-state index contributed by atoms with van der Waals surface area (Å²) in [6, 6.07) is 0.170. The summed E-state index contributed by atoms with van der Waals surface area (Å²) < 4.78 is 13.0. The second kappa shape index (κ2) is 9.34. The van der Waals surface area contributed by atoms with E-state index in [1.165, 1.54) is 0 Å². The average Bonchev–Trinajstić information content (AvgIpc) is 3.42. The van der Waals surface area contributed by atoms with Gasteiger partial charge < -0.3 is 14.4 Å². The Kier molecular flexibility index (Phi) is 6.86. The van der Waals surface area contributed by atoms with Crippen LogP contribution in [0, 0.1) is 17.8 Å². The zero-order valence-corrected chi connectivity index (χ0v) is 16.6. The van der Waals surface area contributed by atoms with Crippen LogP contribution in [0.15, 0.2) is 6.20 Å². The minimum absolute atomic E-state index is 0.0292. The topological polar surface area (TPSA) is 69.5 Å². The lowest BCUT2D eigenvalue weighted by Gasteiger charge is -2.25. The molecule has 148 valence electrons. The van der Waals surface area contributed by atoms with E-state index in [1.807, 2.05) is 22.7 Å². The van der Waals surface area contributed by atoms with Crippen LogP contribution in [0.25, 0.3) is 0 Å². The summed E-state index contributed by atoms with van der Waals surface area (Å²) >= 11 is 0. The molecule has 0 bridgehead atoms. The van der Waals surface area contributed by atoms with Gasteiger partial charge in [-0.3, -0.25) is 4.79 Å². The van der Waals surface area contributed by atoms with Gasteiger partial charge in [-0.15, -0.1) is 5.10 Å². The first kappa shape index (κ1) is 19.8. The molecule has 0 spiro atoms. The maximum Gasteiger partial charge on any atom is 0.228 e. The van der Waals surface area contributed by atoms with Crippen molar-refractivity contribution in [2.45, 2.75) is 64.2 Å². The third-order valence-electron chi connectivity index (χ3n) is 5.50. The molecule has 4 atom stereocenters. The van der Waals surface area contributed by atoms with E-state index in [0.29, 0.717) is 12.3 Å². The molecule has 0 radical (unpaired) electrons. The number of carbonyl (C=O) groups is 1. The monoisotopic (exact) mass is 374 g/mol. The molecule has 0 aromatic carbocycles. The van der Waals surface area contributed by atoms with E-state index in [9.17, 15) is 4.79 Å². The minimum atomic E-state index is -0.0579. The van der Waals surface area contributed by atoms with Gasteiger partial charge in [0.1, 0.15) is 6.61 Å². The van der Waals surface area contributed by atoms with Crippen molar-refractivity contribution in [3.8, 4) is 11.8 Å². The first-order valence-corrected chi connectivity index (χ1v) is 9.92. The first-order valence-electron chi connectivity index (χ1n) is 9.92. The summed E-state index contributed by atoms with van der Waals surface area (Å²) in [6.45, 7) is 6.31. The normalized spacial score (nSPS) is 24.5. The highest BCUT2D eigenvalue weighted by atomic mass is 16.5. The van der Waals surface area contributed by atoms with Crippen LogP contribution in [-0.4, -0.2) is 64.8 Å². The summed E-state index contributed by atoms with van der Waals surface area (Å²) in [6.07, 6.45) is 7.09. The third kappa shape index (κ3) is 5.08. The number of methoxy groups -OCH3 is 1. The van der Waals surface area contributed by atoms with Gasteiger partial charge in [-0.05, 0) is 44.9 Å². The van der Waals surface area contributed by atoms with Crippen LogP contribution in [0.4, 0.5) is 0 Å². The molecule has 2 saturated heterocycles. The number of hydrogen-bond donors (Lipinski definition) is 0. The van der Waals surface area contributed by atoms with Crippen molar-refractivity contribution in [2.75, 3.05) is 26.8 Å². The van der Waals surface area contributed by atoms with E-state index in [-0.39, 0.29) is 30.1 Å². The molecule has 2 fully saturated rings. The molecular weight excluding hydrogens is 344 g/mol. The first-order chi connectivity index (χ1) is 13.1. The van der Waals surface area contributed by atoms with Crippen LogP contribution >= 0.6 is 0 Å². The van der Waals surface area contributed by atoms with Crippen LogP contribution in [0.3, 0.4) is 0 Å². The molecule has 1 aromatic rings. The van der Waals surface area contributed by atoms with Crippen molar-refractivity contribution < 1.29 is 14.3 Å². The lowest BCUT2D eigenvalue weighted by molar-refractivity contribution is -0.138. The third-order valence-corrected chi connectivity index (χ3v) is 5.50. The van der Waals surface area contributed by atoms with Gasteiger partial charge in [0, 0.05) is 20.2 Å². The van der Waals surface area contributed by atoms with Crippen molar-refractivity contribution in [1.29, 1.82) is 0 Å². The highest BCUT2D eigenvalue weighted by Gasteiger charge is 2.36. The molecule has 0 saturated carbocycles. The molecule has 3 heterocycles. The zero-order valence-electron chi connectivity index (χ0n) is 16.6. The maximum absolute atomic E-state index is 12.6. The molecule has 0 aliphatic carbocycles. The summed E-state index contributed by atoms with van der Waals surface area (Å²) in [7, 11) is 1.61. The smallest absolute Gasteiger partial charge is 0.228 e. The van der Waals surface area contributed by atoms with Crippen molar-refractivity contribution in [1.82, 2.24) is 19.9 Å². The number of carbonyl (C=O) groups excluding carboxylic acids is 1. The summed E-state index contributed by atoms with van der Waals surface area (Å²) in [5.74, 6) is 6.01. The molecule has 7 nitrogen and oxygen atoms in total. The highest BCUT2D eigenvalue weighted by molar-refractivity contribution is 5.79. The van der Waals surface area contributed by atoms with E-state index in [4.69, 9.17) is 9.47 Å². The van der Waals surface area contributed by atoms with Crippen LogP contribution in [0.2, 0.25) is 0 Å². The molecule has 27 heavy (non-hydrogen) atoms. The molecule has 1 amide bonds. The van der Waals surface area contributed by atoms with Gasteiger partial charge >= 0.3 is 0 Å². The second-order valence-corrected chi connectivity index (χ2v) is 7.60. The number of likely N-dealkylation sites (tertiary alicyclic amines) is 1. The van der Waals surface area contributed by atoms with E-state index in [1.54, 1.807) is 7.11 Å². The van der Waals surface area contributed by atoms with E-state index >= 15 is 0 Å². The standard InChI is InChI=1S/C20H30N4O3/c1-15(24-14-17(21-22-24)7-6-12-26-3)13-18-8-9-19(27-18)16(2)20(25)23-10-4-5-11-23/h14-16,18-19H,4-5,8-13H2,1-3H3/t15-,16-,18+,19-/m1/s1. The summed E-state index contributed by atoms with van der Waals surface area (Å²) in [5, 5.41) is 8.27. The van der Waals surface area contributed by atoms with E-state index in [0.717, 1.165) is 45.2 Å². The Morgan fingerprint density at radius 3 is 2.89 bits per heavy atom. The van der Waals surface area contributed by atoms with Crippen LogP contribution < -0.4 is 0 Å². The predicted octanol–water partition coefficient (Wildman–Crippen LogP) is 2.03. The fraction of sp³-hybridized carbons (Fsp3) is 0.750. The summed E-state index contributed by atoms with van der Waals surface area (Å²) in [5.41, 5.74) is 0.647. The number of ether oxygens (including phenoxy) is 2. The van der Waals surface area contributed by atoms with E-state index in [2.05, 4.69) is 29.1 Å². The lowest BCUT2D eigenvalue weighted by atomic mass is 9.99. The number of hydrogen-bond acceptors (Lipinski definition) is 5. The Morgan fingerprint density at radius 1 is 1.37 bits per heavy atom. The van der Waals surface area contributed by atoms with Gasteiger partial charge in [0.25, 0.3) is 0 Å². The molecule has 0 unspecified atom stereocenters. The van der Waals surface area contributed by atoms with Gasteiger partial charge in [-0.1, -0.05) is 18.1 Å². The Morgan fingerprint density at radius 2 is 2.15 bits per heavy atom. The summed E-state index contributed by atoms with van der Waals surface area (Å²) in [4.78, 5) is 14.6. The molecule has 3 rings (SSSR count).